The van der Waals surface area contributed by atoms with Crippen LogP contribution in [0, 0.1) is 0 Å². The summed E-state index contributed by atoms with van der Waals surface area (Å²) in [4.78, 5) is 53.0. The number of hydrogen-bond acceptors (Lipinski definition) is 11. The Kier molecular flexibility index (Phi) is 12.2. The van der Waals surface area contributed by atoms with Gasteiger partial charge in [-0.1, -0.05) is 65.8 Å². The summed E-state index contributed by atoms with van der Waals surface area (Å²) in [5.41, 5.74) is 8.04. The topological polar surface area (TPSA) is 219 Å². The lowest BCUT2D eigenvalue weighted by atomic mass is 10.1. The van der Waals surface area contributed by atoms with Gasteiger partial charge in [-0.2, -0.15) is 0 Å². The van der Waals surface area contributed by atoms with E-state index < -0.39 is 80.6 Å². The van der Waals surface area contributed by atoms with E-state index in [-0.39, 0.29) is 13.2 Å². The molecule has 2 aromatic rings. The maximum atomic E-state index is 15.4. The minimum atomic E-state index is -4.61. The summed E-state index contributed by atoms with van der Waals surface area (Å²) >= 11 is 0. The Labute approximate surface area is 274 Å². The Morgan fingerprint density at radius 3 is 2.06 bits per heavy atom. The average molecular weight is 689 g/mol. The molecule has 16 nitrogen and oxygen atoms in total. The van der Waals surface area contributed by atoms with Gasteiger partial charge in [0, 0.05) is 11.1 Å². The highest BCUT2D eigenvalue weighted by atomic mass is 31.2. The van der Waals surface area contributed by atoms with E-state index in [0.29, 0.717) is 11.1 Å². The fourth-order valence-corrected chi connectivity index (χ4v) is 6.48. The molecule has 0 unspecified atom stereocenters. The summed E-state index contributed by atoms with van der Waals surface area (Å²) in [7, 11) is -4.61. The Bertz CT molecular complexity index is 1540. The lowest BCUT2D eigenvalue weighted by molar-refractivity contribution is -0.157. The monoisotopic (exact) mass is 688 g/mol. The van der Waals surface area contributed by atoms with Crippen LogP contribution in [-0.2, 0) is 55.7 Å². The van der Waals surface area contributed by atoms with Crippen molar-refractivity contribution in [1.29, 1.82) is 0 Å². The van der Waals surface area contributed by atoms with E-state index in [0.717, 1.165) is 17.2 Å². The van der Waals surface area contributed by atoms with Gasteiger partial charge in [-0.05, 0) is 36.6 Å². The number of amides is 1. The Morgan fingerprint density at radius 2 is 1.58 bits per heavy atom. The van der Waals surface area contributed by atoms with Crippen LogP contribution in [0.15, 0.2) is 78.1 Å². The number of ether oxygens (including phenoxy) is 3. The fraction of sp³-hybridized carbons (Fsp3) is 0.400. The minimum absolute atomic E-state index is 0.110. The first kappa shape index (κ1) is 36.4. The largest absolute Gasteiger partial charge is 0.460 e. The molecule has 18 heteroatoms. The molecule has 4 rings (SSSR count). The Balaban J connectivity index is 1.52. The standard InChI is InChI=1S/C30H34FN6O10P/c1-19(28(41)44-16-21-9-5-3-6-10-21)33-48(43,34-20(2)29(42)45-17-22-11-7-4-8-12-22)46-18-30(35-36-32)26(40)25(31)27(47-30)37-14-13-23(38)15-24(37)39/h3-14,19-20,25-27,40H,15-18H2,1-2H3,(H2,33,34,43)/t19-,20-,25+,26-,27+,30+/m0/s1. The molecule has 6 atom stereocenters. The number of nitrogens with zero attached hydrogens (tertiary/aromatic N) is 4. The van der Waals surface area contributed by atoms with Gasteiger partial charge in [-0.25, -0.2) is 14.6 Å². The lowest BCUT2D eigenvalue weighted by Crippen LogP contribution is -2.47. The summed E-state index contributed by atoms with van der Waals surface area (Å²) in [6.45, 7) is 1.28. The van der Waals surface area contributed by atoms with Crippen LogP contribution in [-0.4, -0.2) is 76.6 Å². The first-order valence-corrected chi connectivity index (χ1v) is 16.3. The van der Waals surface area contributed by atoms with Crippen LogP contribution in [0.1, 0.15) is 31.4 Å². The molecule has 1 saturated heterocycles. The predicted octanol–water partition coefficient (Wildman–Crippen LogP) is 2.93. The van der Waals surface area contributed by atoms with Crippen LogP contribution in [0.25, 0.3) is 10.4 Å². The molecule has 0 bridgehead atoms. The second kappa shape index (κ2) is 16.1. The second-order valence-electron chi connectivity index (χ2n) is 10.9. The number of aliphatic hydroxyl groups excluding tert-OH is 1. The second-order valence-corrected chi connectivity index (χ2v) is 12.8. The van der Waals surface area contributed by atoms with Crippen molar-refractivity contribution in [3.05, 3.63) is 94.5 Å². The number of ketones is 1. The summed E-state index contributed by atoms with van der Waals surface area (Å²) in [5.74, 6) is -3.11. The SMILES string of the molecule is C[C@H](NP(=O)(N[C@@H](C)C(=O)OCc1ccccc1)OC[C@@]1(N=[N+]=[N-])O[C@@H](N2C=CC(=O)CC2=O)[C@H](F)[C@@H]1O)C(=O)OCc1ccccc1. The maximum absolute atomic E-state index is 15.4. The van der Waals surface area contributed by atoms with Crippen LogP contribution in [0.3, 0.4) is 0 Å². The molecule has 256 valence electrons. The number of hydrogen-bond donors (Lipinski definition) is 3. The molecule has 0 saturated carbocycles. The van der Waals surface area contributed by atoms with E-state index in [1.54, 1.807) is 60.7 Å². The first-order valence-electron chi connectivity index (χ1n) is 14.7. The minimum Gasteiger partial charge on any atom is -0.460 e. The predicted molar refractivity (Wildman–Crippen MR) is 164 cm³/mol. The molecule has 0 radical (unpaired) electrons. The van der Waals surface area contributed by atoms with Crippen LogP contribution >= 0.6 is 7.67 Å². The summed E-state index contributed by atoms with van der Waals surface area (Å²) in [6.07, 6.45) is -5.11. The van der Waals surface area contributed by atoms with Crippen LogP contribution in [0.5, 0.6) is 0 Å². The Morgan fingerprint density at radius 1 is 1.06 bits per heavy atom. The van der Waals surface area contributed by atoms with Gasteiger partial charge in [0.15, 0.2) is 18.2 Å². The quantitative estimate of drug-likeness (QED) is 0.0614. The van der Waals surface area contributed by atoms with Gasteiger partial charge in [0.05, 0.1) is 13.0 Å². The molecule has 1 amide bonds. The third kappa shape index (κ3) is 9.11. The molecule has 0 aliphatic carbocycles. The number of carbonyl (C=O) groups excluding carboxylic acids is 4. The maximum Gasteiger partial charge on any atom is 0.342 e. The van der Waals surface area contributed by atoms with Gasteiger partial charge in [0.25, 0.3) is 0 Å². The van der Waals surface area contributed by atoms with E-state index in [2.05, 4.69) is 20.2 Å². The molecule has 1 fully saturated rings. The zero-order chi connectivity index (χ0) is 34.9. The molecule has 0 aromatic heterocycles. The number of benzene rings is 2. The summed E-state index contributed by atoms with van der Waals surface area (Å²) in [5, 5.41) is 19.1. The highest BCUT2D eigenvalue weighted by Crippen LogP contribution is 2.44. The van der Waals surface area contributed by atoms with Crippen molar-refractivity contribution in [2.24, 2.45) is 5.11 Å². The van der Waals surface area contributed by atoms with E-state index in [4.69, 9.17) is 18.7 Å². The van der Waals surface area contributed by atoms with E-state index in [1.165, 1.54) is 13.8 Å². The normalized spacial score (nSPS) is 23.7. The van der Waals surface area contributed by atoms with Gasteiger partial charge >= 0.3 is 19.6 Å². The molecule has 2 aromatic carbocycles. The molecule has 2 aliphatic heterocycles. The summed E-state index contributed by atoms with van der Waals surface area (Å²) < 4.78 is 51.3. The third-order valence-corrected chi connectivity index (χ3v) is 9.17. The first-order chi connectivity index (χ1) is 22.9. The van der Waals surface area contributed by atoms with Crippen molar-refractivity contribution >= 4 is 31.3 Å². The molecule has 2 aliphatic rings. The fourth-order valence-electron chi connectivity index (χ4n) is 4.66. The number of nitrogens with one attached hydrogen (secondary N) is 2. The van der Waals surface area contributed by atoms with Crippen molar-refractivity contribution in [3.63, 3.8) is 0 Å². The van der Waals surface area contributed by atoms with Crippen molar-refractivity contribution < 1.29 is 52.0 Å². The van der Waals surface area contributed by atoms with Gasteiger partial charge in [-0.15, -0.1) is 0 Å². The number of allylic oxidation sites excluding steroid dienone is 1. The summed E-state index contributed by atoms with van der Waals surface area (Å²) in [6, 6.07) is 14.8. The van der Waals surface area contributed by atoms with Gasteiger partial charge in [0.2, 0.25) is 11.6 Å². The number of aliphatic hydroxyl groups is 1. The van der Waals surface area contributed by atoms with E-state index >= 15 is 4.39 Å². The molecular weight excluding hydrogens is 654 g/mol. The van der Waals surface area contributed by atoms with Crippen molar-refractivity contribution in [2.75, 3.05) is 6.61 Å². The zero-order valence-electron chi connectivity index (χ0n) is 25.9. The van der Waals surface area contributed by atoms with Gasteiger partial charge in [0.1, 0.15) is 31.4 Å². The van der Waals surface area contributed by atoms with Gasteiger partial charge < -0.3 is 23.8 Å². The smallest absolute Gasteiger partial charge is 0.342 e. The number of rotatable bonds is 15. The number of carbonyl (C=O) groups is 4. The van der Waals surface area contributed by atoms with Crippen molar-refractivity contribution in [1.82, 2.24) is 15.1 Å². The Hall–Kier alpha value is -4.47. The molecule has 48 heavy (non-hydrogen) atoms. The third-order valence-electron chi connectivity index (χ3n) is 7.22. The average Bonchev–Trinajstić information content (AvgIpc) is 3.31. The van der Waals surface area contributed by atoms with Crippen LogP contribution in [0.2, 0.25) is 0 Å². The zero-order valence-corrected chi connectivity index (χ0v) is 26.8. The molecule has 2 heterocycles. The van der Waals surface area contributed by atoms with Crippen LogP contribution < -0.4 is 10.2 Å². The lowest BCUT2D eigenvalue weighted by Gasteiger charge is -2.32. The van der Waals surface area contributed by atoms with E-state index in [9.17, 15) is 34.4 Å². The molecule has 3 N–H and O–H groups in total. The highest BCUT2D eigenvalue weighted by molar-refractivity contribution is 7.54. The number of alkyl halides is 1. The van der Waals surface area contributed by atoms with Crippen molar-refractivity contribution in [2.45, 2.75) is 69.8 Å². The highest BCUT2D eigenvalue weighted by Gasteiger charge is 2.58. The number of azide groups is 1. The number of halogens is 1. The number of esters is 2. The molecule has 0 spiro atoms. The van der Waals surface area contributed by atoms with E-state index in [1.807, 2.05) is 0 Å². The van der Waals surface area contributed by atoms with Gasteiger partial charge in [-0.3, -0.25) is 28.6 Å². The van der Waals surface area contributed by atoms with Crippen molar-refractivity contribution in [3.8, 4) is 0 Å². The van der Waals surface area contributed by atoms with Crippen LogP contribution in [0.4, 0.5) is 4.39 Å². The molecular formula is C30H34FN6O10P.